The Hall–Kier alpha value is -1.05. The highest BCUT2D eigenvalue weighted by Gasteiger charge is 2.51. The van der Waals surface area contributed by atoms with Gasteiger partial charge in [-0.15, -0.1) is 11.8 Å². The average Bonchev–Trinajstić information content (AvgIpc) is 2.25. The van der Waals surface area contributed by atoms with Crippen LogP contribution in [-0.2, 0) is 9.59 Å². The molecule has 0 aromatic carbocycles. The van der Waals surface area contributed by atoms with Crippen molar-refractivity contribution in [1.82, 2.24) is 4.90 Å². The predicted octanol–water partition coefficient (Wildman–Crippen LogP) is -1.44. The number of carboxylic acids is 1. The molecule has 2 aliphatic heterocycles. The van der Waals surface area contributed by atoms with E-state index in [1.807, 2.05) is 0 Å². The van der Waals surface area contributed by atoms with Crippen molar-refractivity contribution >= 4 is 23.6 Å². The number of aliphatic hydroxyl groups excluding tert-OH is 1. The molecule has 15 heavy (non-hydrogen) atoms. The van der Waals surface area contributed by atoms with Crippen molar-refractivity contribution in [3.8, 4) is 0 Å². The highest BCUT2D eigenvalue weighted by atomic mass is 32.2. The first kappa shape index (κ1) is 10.5. The van der Waals surface area contributed by atoms with Crippen LogP contribution in [0, 0.1) is 0 Å². The van der Waals surface area contributed by atoms with Crippen molar-refractivity contribution < 1.29 is 19.8 Å². The molecule has 7 heteroatoms. The summed E-state index contributed by atoms with van der Waals surface area (Å²) in [7, 11) is 0. The molecule has 0 spiro atoms. The zero-order chi connectivity index (χ0) is 11.2. The maximum Gasteiger partial charge on any atom is 0.353 e. The van der Waals surface area contributed by atoms with Gasteiger partial charge in [-0.05, 0) is 0 Å². The molecule has 2 aliphatic rings. The Labute approximate surface area is 89.7 Å². The summed E-state index contributed by atoms with van der Waals surface area (Å²) in [5.41, 5.74) is 5.42. The zero-order valence-electron chi connectivity index (χ0n) is 7.71. The van der Waals surface area contributed by atoms with Gasteiger partial charge in [0.25, 0.3) is 0 Å². The molecule has 0 aromatic heterocycles. The van der Waals surface area contributed by atoms with Gasteiger partial charge in [-0.2, -0.15) is 0 Å². The first-order valence-corrected chi connectivity index (χ1v) is 5.35. The standard InChI is InChI=1S/C8H10N2O4S/c9-5-3-2-15-4(1-11)6(8(13)14)10(3)7(5)12/h3,5,11H,1-2,9H2,(H,13,14)/t3-,5+/m1/s1. The van der Waals surface area contributed by atoms with Crippen LogP contribution in [0.1, 0.15) is 0 Å². The number of amides is 1. The van der Waals surface area contributed by atoms with Crippen LogP contribution in [0.3, 0.4) is 0 Å². The van der Waals surface area contributed by atoms with Crippen molar-refractivity contribution in [2.24, 2.45) is 5.73 Å². The van der Waals surface area contributed by atoms with E-state index in [4.69, 9.17) is 15.9 Å². The summed E-state index contributed by atoms with van der Waals surface area (Å²) >= 11 is 1.24. The third kappa shape index (κ3) is 1.35. The third-order valence-electron chi connectivity index (χ3n) is 2.55. The molecule has 2 rings (SSSR count). The largest absolute Gasteiger partial charge is 0.477 e. The maximum absolute atomic E-state index is 11.4. The topological polar surface area (TPSA) is 104 Å². The zero-order valence-corrected chi connectivity index (χ0v) is 8.53. The summed E-state index contributed by atoms with van der Waals surface area (Å²) in [5, 5.41) is 17.9. The minimum Gasteiger partial charge on any atom is -0.477 e. The first-order chi connectivity index (χ1) is 7.07. The molecule has 0 radical (unpaired) electrons. The molecular weight excluding hydrogens is 220 g/mol. The second-order valence-electron chi connectivity index (χ2n) is 3.35. The Balaban J connectivity index is 2.38. The van der Waals surface area contributed by atoms with E-state index in [1.54, 1.807) is 0 Å². The maximum atomic E-state index is 11.4. The van der Waals surface area contributed by atoms with Gasteiger partial charge in [0, 0.05) is 10.7 Å². The lowest BCUT2D eigenvalue weighted by molar-refractivity contribution is -0.150. The number of rotatable bonds is 2. The first-order valence-electron chi connectivity index (χ1n) is 4.36. The van der Waals surface area contributed by atoms with Gasteiger partial charge in [0.2, 0.25) is 5.91 Å². The smallest absolute Gasteiger partial charge is 0.353 e. The van der Waals surface area contributed by atoms with E-state index in [0.717, 1.165) is 0 Å². The molecule has 0 unspecified atom stereocenters. The van der Waals surface area contributed by atoms with E-state index in [-0.39, 0.29) is 24.3 Å². The number of hydrogen-bond acceptors (Lipinski definition) is 5. The molecule has 0 saturated carbocycles. The van der Waals surface area contributed by atoms with Crippen molar-refractivity contribution in [1.29, 1.82) is 0 Å². The Morgan fingerprint density at radius 1 is 1.67 bits per heavy atom. The molecule has 6 nitrogen and oxygen atoms in total. The van der Waals surface area contributed by atoms with Crippen LogP contribution < -0.4 is 5.73 Å². The van der Waals surface area contributed by atoms with Crippen LogP contribution in [0.2, 0.25) is 0 Å². The molecule has 1 saturated heterocycles. The summed E-state index contributed by atoms with van der Waals surface area (Å²) in [6.45, 7) is -0.363. The van der Waals surface area contributed by atoms with E-state index in [9.17, 15) is 9.59 Å². The number of nitrogens with zero attached hydrogens (tertiary/aromatic N) is 1. The van der Waals surface area contributed by atoms with E-state index in [1.165, 1.54) is 16.7 Å². The SMILES string of the molecule is N[C@@H]1C(=O)N2C(C(=O)O)=C(CO)SC[C@H]12. The summed E-state index contributed by atoms with van der Waals surface area (Å²) in [6.07, 6.45) is 0. The molecule has 0 aliphatic carbocycles. The van der Waals surface area contributed by atoms with Crippen LogP contribution in [0.5, 0.6) is 0 Å². The fourth-order valence-corrected chi connectivity index (χ4v) is 2.89. The number of carboxylic acid groups (broad SMARTS) is 1. The number of nitrogens with two attached hydrogens (primary N) is 1. The molecule has 0 aromatic rings. The molecular formula is C8H10N2O4S. The Kier molecular flexibility index (Phi) is 2.45. The van der Waals surface area contributed by atoms with Gasteiger partial charge in [-0.25, -0.2) is 4.79 Å². The lowest BCUT2D eigenvalue weighted by Crippen LogP contribution is -2.70. The summed E-state index contributed by atoms with van der Waals surface area (Å²) in [4.78, 5) is 23.8. The van der Waals surface area contributed by atoms with Gasteiger partial charge in [-0.3, -0.25) is 9.69 Å². The minimum absolute atomic E-state index is 0.120. The van der Waals surface area contributed by atoms with Gasteiger partial charge in [-0.1, -0.05) is 0 Å². The second kappa shape index (κ2) is 3.51. The van der Waals surface area contributed by atoms with E-state index in [2.05, 4.69) is 0 Å². The Morgan fingerprint density at radius 2 is 2.33 bits per heavy atom. The monoisotopic (exact) mass is 230 g/mol. The minimum atomic E-state index is -1.20. The lowest BCUT2D eigenvalue weighted by atomic mass is 9.96. The van der Waals surface area contributed by atoms with Crippen LogP contribution >= 0.6 is 11.8 Å². The molecule has 82 valence electrons. The molecule has 2 atom stereocenters. The number of β-lactam (4-membered cyclic amide) rings is 1. The van der Waals surface area contributed by atoms with Crippen LogP contribution in [-0.4, -0.2) is 51.4 Å². The van der Waals surface area contributed by atoms with Gasteiger partial charge >= 0.3 is 5.97 Å². The number of carbonyl (C=O) groups is 2. The van der Waals surface area contributed by atoms with E-state index >= 15 is 0 Å². The van der Waals surface area contributed by atoms with E-state index < -0.39 is 12.0 Å². The second-order valence-corrected chi connectivity index (χ2v) is 4.46. The molecule has 2 heterocycles. The molecule has 1 fully saturated rings. The highest BCUT2D eigenvalue weighted by Crippen LogP contribution is 2.37. The summed E-state index contributed by atoms with van der Waals surface area (Å²) < 4.78 is 0. The van der Waals surface area contributed by atoms with Crippen LogP contribution in [0.25, 0.3) is 0 Å². The third-order valence-corrected chi connectivity index (χ3v) is 3.73. The van der Waals surface area contributed by atoms with Crippen molar-refractivity contribution in [3.05, 3.63) is 10.6 Å². The fourth-order valence-electron chi connectivity index (χ4n) is 1.75. The van der Waals surface area contributed by atoms with Crippen molar-refractivity contribution in [3.63, 3.8) is 0 Å². The van der Waals surface area contributed by atoms with Crippen LogP contribution in [0.4, 0.5) is 0 Å². The fraction of sp³-hybridized carbons (Fsp3) is 0.500. The van der Waals surface area contributed by atoms with Gasteiger partial charge in [0.05, 0.1) is 12.6 Å². The lowest BCUT2D eigenvalue weighted by Gasteiger charge is -2.48. The molecule has 0 bridgehead atoms. The van der Waals surface area contributed by atoms with Gasteiger partial charge in [0.1, 0.15) is 11.7 Å². The van der Waals surface area contributed by atoms with Crippen molar-refractivity contribution in [2.75, 3.05) is 12.4 Å². The Bertz CT molecular complexity index is 368. The van der Waals surface area contributed by atoms with Crippen LogP contribution in [0.15, 0.2) is 10.6 Å². The van der Waals surface area contributed by atoms with Crippen molar-refractivity contribution in [2.45, 2.75) is 12.1 Å². The quantitative estimate of drug-likeness (QED) is 0.502. The number of fused-ring (bicyclic) bond motifs is 1. The number of aliphatic hydroxyl groups is 1. The Morgan fingerprint density at radius 3 is 2.87 bits per heavy atom. The normalized spacial score (nSPS) is 30.0. The summed E-state index contributed by atoms with van der Waals surface area (Å²) in [5.74, 6) is -1.04. The predicted molar refractivity (Wildman–Crippen MR) is 52.8 cm³/mol. The van der Waals surface area contributed by atoms with Gasteiger partial charge in [0.15, 0.2) is 0 Å². The number of thioether (sulfide) groups is 1. The number of hydrogen-bond donors (Lipinski definition) is 3. The molecule has 4 N–H and O–H groups in total. The average molecular weight is 230 g/mol. The number of aliphatic carboxylic acids is 1. The molecule has 1 amide bonds. The number of carbonyl (C=O) groups excluding carboxylic acids is 1. The van der Waals surface area contributed by atoms with E-state index in [0.29, 0.717) is 10.7 Å². The van der Waals surface area contributed by atoms with Gasteiger partial charge < -0.3 is 15.9 Å². The summed E-state index contributed by atoms with van der Waals surface area (Å²) in [6, 6.07) is -0.851. The highest BCUT2D eigenvalue weighted by molar-refractivity contribution is 8.03.